The first-order valence-electron chi connectivity index (χ1n) is 4.58. The van der Waals surface area contributed by atoms with Crippen LogP contribution in [-0.2, 0) is 11.0 Å². The van der Waals surface area contributed by atoms with Gasteiger partial charge in [0.05, 0.1) is 5.56 Å². The van der Waals surface area contributed by atoms with Crippen LogP contribution in [0.1, 0.15) is 16.2 Å². The maximum absolute atomic E-state index is 12.2. The topological polar surface area (TPSA) is 83.4 Å². The fourth-order valence-electron chi connectivity index (χ4n) is 1.08. The number of hydrogen-bond donors (Lipinski definition) is 1. The van der Waals surface area contributed by atoms with Crippen LogP contribution >= 0.6 is 0 Å². The number of carbonyl (C=O) groups is 2. The van der Waals surface area contributed by atoms with Crippen LogP contribution in [0.25, 0.3) is 0 Å². The normalized spacial score (nSPS) is 11.1. The maximum atomic E-state index is 12.2. The second-order valence-electron chi connectivity index (χ2n) is 3.35. The minimum Gasteiger partial charge on any atom is -0.480 e. The minimum absolute atomic E-state index is 0.216. The number of alkyl halides is 3. The summed E-state index contributed by atoms with van der Waals surface area (Å²) in [4.78, 5) is 28.7. The number of carboxylic acid groups (broad SMARTS) is 1. The van der Waals surface area contributed by atoms with Gasteiger partial charge in [-0.3, -0.25) is 9.59 Å². The van der Waals surface area contributed by atoms with E-state index in [1.807, 2.05) is 0 Å². The highest BCUT2D eigenvalue weighted by Crippen LogP contribution is 2.25. The number of likely N-dealkylation sites (N-methyl/N-ethyl adjacent to an activating group) is 1. The Balaban J connectivity index is 2.85. The van der Waals surface area contributed by atoms with Crippen LogP contribution in [0.5, 0.6) is 0 Å². The molecule has 0 aliphatic rings. The summed E-state index contributed by atoms with van der Waals surface area (Å²) in [6, 6.07) is 0. The molecule has 0 unspecified atom stereocenters. The number of rotatable bonds is 3. The lowest BCUT2D eigenvalue weighted by Crippen LogP contribution is -2.32. The second-order valence-corrected chi connectivity index (χ2v) is 3.35. The first-order valence-corrected chi connectivity index (χ1v) is 4.58. The molecule has 1 aromatic rings. The van der Waals surface area contributed by atoms with Crippen LogP contribution in [0, 0.1) is 0 Å². The van der Waals surface area contributed by atoms with Gasteiger partial charge in [-0.2, -0.15) is 13.2 Å². The van der Waals surface area contributed by atoms with E-state index in [1.165, 1.54) is 7.05 Å². The Kier molecular flexibility index (Phi) is 3.84. The molecule has 98 valence electrons. The number of nitrogens with zero attached hydrogens (tertiary/aromatic N) is 3. The molecule has 6 nitrogen and oxygen atoms in total. The van der Waals surface area contributed by atoms with Crippen molar-refractivity contribution >= 4 is 11.9 Å². The monoisotopic (exact) mass is 263 g/mol. The van der Waals surface area contributed by atoms with E-state index in [2.05, 4.69) is 9.97 Å². The summed E-state index contributed by atoms with van der Waals surface area (Å²) in [5.74, 6) is -3.37. The van der Waals surface area contributed by atoms with Crippen molar-refractivity contribution in [2.24, 2.45) is 0 Å². The van der Waals surface area contributed by atoms with Crippen LogP contribution in [0.15, 0.2) is 12.4 Å². The molecule has 1 amide bonds. The average Bonchev–Trinajstić information content (AvgIpc) is 2.26. The van der Waals surface area contributed by atoms with Gasteiger partial charge in [-0.05, 0) is 0 Å². The Hall–Kier alpha value is -2.19. The molecule has 18 heavy (non-hydrogen) atoms. The van der Waals surface area contributed by atoms with Crippen LogP contribution in [0.2, 0.25) is 0 Å². The van der Waals surface area contributed by atoms with Crippen LogP contribution < -0.4 is 0 Å². The molecular weight excluding hydrogens is 255 g/mol. The molecule has 1 rings (SSSR count). The van der Waals surface area contributed by atoms with E-state index in [1.54, 1.807) is 0 Å². The zero-order valence-corrected chi connectivity index (χ0v) is 9.10. The molecule has 1 heterocycles. The lowest BCUT2D eigenvalue weighted by Gasteiger charge is -2.14. The highest BCUT2D eigenvalue weighted by Gasteiger charge is 2.34. The number of aliphatic carboxylic acids is 1. The highest BCUT2D eigenvalue weighted by molar-refractivity contribution is 5.95. The van der Waals surface area contributed by atoms with Crippen molar-refractivity contribution in [3.8, 4) is 0 Å². The fraction of sp³-hybridized carbons (Fsp3) is 0.333. The van der Waals surface area contributed by atoms with Gasteiger partial charge in [0.1, 0.15) is 6.54 Å². The molecule has 0 aliphatic carbocycles. The predicted octanol–water partition coefficient (Wildman–Crippen LogP) is 0.652. The summed E-state index contributed by atoms with van der Waals surface area (Å²) in [6.45, 7) is -0.570. The summed E-state index contributed by atoms with van der Waals surface area (Å²) in [7, 11) is 1.20. The van der Waals surface area contributed by atoms with Crippen molar-refractivity contribution in [3.63, 3.8) is 0 Å². The number of aromatic nitrogens is 2. The van der Waals surface area contributed by atoms with E-state index < -0.39 is 30.4 Å². The van der Waals surface area contributed by atoms with E-state index in [0.717, 1.165) is 4.90 Å². The Bertz CT molecular complexity index is 458. The SMILES string of the molecule is CN(CC(=O)O)C(=O)c1cnc(C(F)(F)F)nc1. The van der Waals surface area contributed by atoms with Crippen molar-refractivity contribution in [1.29, 1.82) is 0 Å². The molecule has 0 radical (unpaired) electrons. The first kappa shape index (κ1) is 13.9. The van der Waals surface area contributed by atoms with Gasteiger partial charge in [-0.1, -0.05) is 0 Å². The fourth-order valence-corrected chi connectivity index (χ4v) is 1.08. The third-order valence-corrected chi connectivity index (χ3v) is 1.87. The molecule has 1 N–H and O–H groups in total. The Morgan fingerprint density at radius 2 is 1.83 bits per heavy atom. The van der Waals surface area contributed by atoms with Crippen molar-refractivity contribution in [1.82, 2.24) is 14.9 Å². The standard InChI is InChI=1S/C9H8F3N3O3/c1-15(4-6(16)17)7(18)5-2-13-8(14-3-5)9(10,11)12/h2-3H,4H2,1H3,(H,16,17). The second kappa shape index (κ2) is 4.98. The predicted molar refractivity (Wildman–Crippen MR) is 51.6 cm³/mol. The third-order valence-electron chi connectivity index (χ3n) is 1.87. The summed E-state index contributed by atoms with van der Waals surface area (Å²) >= 11 is 0. The minimum atomic E-state index is -4.69. The summed E-state index contributed by atoms with van der Waals surface area (Å²) < 4.78 is 36.5. The number of carboxylic acids is 1. The van der Waals surface area contributed by atoms with Gasteiger partial charge in [0.2, 0.25) is 5.82 Å². The molecular formula is C9H8F3N3O3. The van der Waals surface area contributed by atoms with Gasteiger partial charge in [-0.15, -0.1) is 0 Å². The van der Waals surface area contributed by atoms with E-state index in [4.69, 9.17) is 5.11 Å². The molecule has 0 fully saturated rings. The summed E-state index contributed by atoms with van der Waals surface area (Å²) in [5, 5.41) is 8.46. The largest absolute Gasteiger partial charge is 0.480 e. The molecule has 0 aromatic carbocycles. The molecule has 9 heteroatoms. The molecule has 0 aliphatic heterocycles. The Labute approximate surface area is 99.1 Å². The average molecular weight is 263 g/mol. The Morgan fingerprint density at radius 1 is 1.33 bits per heavy atom. The van der Waals surface area contributed by atoms with E-state index in [0.29, 0.717) is 12.4 Å². The van der Waals surface area contributed by atoms with Gasteiger partial charge >= 0.3 is 12.1 Å². The van der Waals surface area contributed by atoms with Crippen LogP contribution in [-0.4, -0.2) is 45.4 Å². The molecule has 0 saturated heterocycles. The molecule has 1 aromatic heterocycles. The van der Waals surface area contributed by atoms with E-state index in [9.17, 15) is 22.8 Å². The van der Waals surface area contributed by atoms with Gasteiger partial charge in [-0.25, -0.2) is 9.97 Å². The van der Waals surface area contributed by atoms with Crippen molar-refractivity contribution in [3.05, 3.63) is 23.8 Å². The first-order chi connectivity index (χ1) is 8.21. The third kappa shape index (κ3) is 3.40. The van der Waals surface area contributed by atoms with Crippen LogP contribution in [0.3, 0.4) is 0 Å². The van der Waals surface area contributed by atoms with Gasteiger partial charge in [0, 0.05) is 19.4 Å². The van der Waals surface area contributed by atoms with Crippen molar-refractivity contribution in [2.45, 2.75) is 6.18 Å². The zero-order valence-electron chi connectivity index (χ0n) is 9.10. The molecule has 0 spiro atoms. The highest BCUT2D eigenvalue weighted by atomic mass is 19.4. The maximum Gasteiger partial charge on any atom is 0.451 e. The van der Waals surface area contributed by atoms with Gasteiger partial charge in [0.15, 0.2) is 0 Å². The Morgan fingerprint density at radius 3 is 2.22 bits per heavy atom. The number of halogens is 3. The molecule has 0 bridgehead atoms. The summed E-state index contributed by atoms with van der Waals surface area (Å²) in [6.07, 6.45) is -3.28. The van der Waals surface area contributed by atoms with Gasteiger partial charge < -0.3 is 10.0 Å². The molecule has 0 atom stereocenters. The van der Waals surface area contributed by atoms with Crippen molar-refractivity contribution < 1.29 is 27.9 Å². The summed E-state index contributed by atoms with van der Waals surface area (Å²) in [5.41, 5.74) is -0.216. The molecule has 0 saturated carbocycles. The number of carbonyl (C=O) groups excluding carboxylic acids is 1. The van der Waals surface area contributed by atoms with Crippen molar-refractivity contribution in [2.75, 3.05) is 13.6 Å². The lowest BCUT2D eigenvalue weighted by molar-refractivity contribution is -0.145. The van der Waals surface area contributed by atoms with Gasteiger partial charge in [0.25, 0.3) is 5.91 Å². The van der Waals surface area contributed by atoms with E-state index in [-0.39, 0.29) is 5.56 Å². The zero-order chi connectivity index (χ0) is 13.9. The number of hydrogen-bond acceptors (Lipinski definition) is 4. The lowest BCUT2D eigenvalue weighted by atomic mass is 10.3. The van der Waals surface area contributed by atoms with E-state index >= 15 is 0 Å². The van der Waals surface area contributed by atoms with Crippen LogP contribution in [0.4, 0.5) is 13.2 Å². The quantitative estimate of drug-likeness (QED) is 0.865. The number of amides is 1. The smallest absolute Gasteiger partial charge is 0.451 e.